The molecule has 1 fully saturated rings. The Balaban J connectivity index is 1.76. The molecule has 0 heterocycles. The number of ether oxygens (including phenoxy) is 1. The van der Waals surface area contributed by atoms with Gasteiger partial charge in [-0.3, -0.25) is 9.59 Å². The first-order chi connectivity index (χ1) is 11.2. The number of carbonyl (C=O) groups excluding carboxylic acids is 3. The van der Waals surface area contributed by atoms with Gasteiger partial charge in [-0.2, -0.15) is 0 Å². The average molecular weight is 317 g/mol. The van der Waals surface area contributed by atoms with Crippen LogP contribution in [0.5, 0.6) is 0 Å². The third-order valence-electron chi connectivity index (χ3n) is 4.09. The molecule has 1 N–H and O–H groups in total. The Kier molecular flexibility index (Phi) is 6.78. The Labute approximate surface area is 136 Å². The number of rotatable bonds is 5. The fraction of sp³-hybridized carbons (Fsp3) is 0.500. The molecule has 23 heavy (non-hydrogen) atoms. The van der Waals surface area contributed by atoms with Crippen LogP contribution in [-0.4, -0.2) is 30.8 Å². The predicted molar refractivity (Wildman–Crippen MR) is 86.4 cm³/mol. The molecule has 1 saturated carbocycles. The van der Waals surface area contributed by atoms with E-state index in [0.29, 0.717) is 17.4 Å². The van der Waals surface area contributed by atoms with E-state index in [0.717, 1.165) is 25.7 Å². The van der Waals surface area contributed by atoms with Crippen LogP contribution in [0.2, 0.25) is 0 Å². The average Bonchev–Trinajstić information content (AvgIpc) is 2.55. The fourth-order valence-electron chi connectivity index (χ4n) is 2.78. The van der Waals surface area contributed by atoms with E-state index >= 15 is 0 Å². The van der Waals surface area contributed by atoms with Gasteiger partial charge < -0.3 is 10.1 Å². The zero-order chi connectivity index (χ0) is 16.5. The van der Waals surface area contributed by atoms with E-state index in [1.807, 2.05) is 0 Å². The maximum atomic E-state index is 11.9. The van der Waals surface area contributed by atoms with Crippen LogP contribution in [0, 0.1) is 0 Å². The minimum atomic E-state index is -0.560. The van der Waals surface area contributed by atoms with Crippen molar-refractivity contribution in [1.29, 1.82) is 0 Å². The summed E-state index contributed by atoms with van der Waals surface area (Å²) in [5.74, 6) is -0.816. The van der Waals surface area contributed by atoms with E-state index < -0.39 is 5.97 Å². The van der Waals surface area contributed by atoms with Crippen molar-refractivity contribution in [3.63, 3.8) is 0 Å². The first kappa shape index (κ1) is 17.2. The summed E-state index contributed by atoms with van der Waals surface area (Å²) >= 11 is 0. The number of benzene rings is 1. The molecule has 0 aliphatic heterocycles. The van der Waals surface area contributed by atoms with E-state index in [2.05, 4.69) is 5.32 Å². The topological polar surface area (TPSA) is 72.5 Å². The van der Waals surface area contributed by atoms with Gasteiger partial charge in [0.15, 0.2) is 6.61 Å². The van der Waals surface area contributed by atoms with Crippen LogP contribution in [0.1, 0.15) is 65.7 Å². The number of hydrogen-bond donors (Lipinski definition) is 1. The van der Waals surface area contributed by atoms with Crippen molar-refractivity contribution >= 4 is 18.2 Å². The molecule has 1 aliphatic rings. The molecule has 1 aromatic carbocycles. The van der Waals surface area contributed by atoms with Gasteiger partial charge in [-0.15, -0.1) is 0 Å². The lowest BCUT2D eigenvalue weighted by molar-refractivity contribution is -0.125. The monoisotopic (exact) mass is 317 g/mol. The van der Waals surface area contributed by atoms with Crippen LogP contribution in [0.4, 0.5) is 0 Å². The number of hydrogen-bond acceptors (Lipinski definition) is 4. The molecule has 0 bridgehead atoms. The molecule has 5 heteroatoms. The van der Waals surface area contributed by atoms with Crippen LogP contribution in [0.25, 0.3) is 0 Å². The molecule has 0 radical (unpaired) electrons. The Hall–Kier alpha value is -2.17. The fourth-order valence-corrected chi connectivity index (χ4v) is 2.78. The molecule has 0 unspecified atom stereocenters. The van der Waals surface area contributed by atoms with Gasteiger partial charge in [0.1, 0.15) is 6.29 Å². The second kappa shape index (κ2) is 9.08. The maximum Gasteiger partial charge on any atom is 0.338 e. The molecule has 1 aliphatic carbocycles. The molecule has 1 aromatic rings. The first-order valence-corrected chi connectivity index (χ1v) is 8.21. The highest BCUT2D eigenvalue weighted by molar-refractivity contribution is 5.92. The van der Waals surface area contributed by atoms with E-state index in [1.54, 1.807) is 0 Å². The van der Waals surface area contributed by atoms with Crippen LogP contribution in [0.15, 0.2) is 24.3 Å². The Morgan fingerprint density at radius 2 is 1.65 bits per heavy atom. The molecular formula is C18H23NO4. The molecule has 124 valence electrons. The second-order valence-corrected chi connectivity index (χ2v) is 5.93. The molecule has 0 aromatic heterocycles. The van der Waals surface area contributed by atoms with E-state index in [1.165, 1.54) is 43.5 Å². The molecular weight excluding hydrogens is 294 g/mol. The maximum absolute atomic E-state index is 11.9. The highest BCUT2D eigenvalue weighted by atomic mass is 16.5. The summed E-state index contributed by atoms with van der Waals surface area (Å²) in [4.78, 5) is 34.3. The normalized spacial score (nSPS) is 16.0. The van der Waals surface area contributed by atoms with Crippen molar-refractivity contribution in [2.45, 2.75) is 51.0 Å². The largest absolute Gasteiger partial charge is 0.452 e. The Morgan fingerprint density at radius 1 is 1.04 bits per heavy atom. The standard InChI is InChI=1S/C18H23NO4/c20-12-14-8-10-15(11-9-14)18(22)23-13-17(21)19-16-6-4-2-1-3-5-7-16/h8-12,16H,1-7,13H2,(H,19,21). The molecule has 0 saturated heterocycles. The number of nitrogens with one attached hydrogen (secondary N) is 1. The van der Waals surface area contributed by atoms with Gasteiger partial charge >= 0.3 is 5.97 Å². The van der Waals surface area contributed by atoms with E-state index in [9.17, 15) is 14.4 Å². The SMILES string of the molecule is O=Cc1ccc(C(=O)OCC(=O)NC2CCCCCCC2)cc1. The van der Waals surface area contributed by atoms with Gasteiger partial charge in [0.05, 0.1) is 5.56 Å². The summed E-state index contributed by atoms with van der Waals surface area (Å²) in [5, 5.41) is 2.95. The third-order valence-corrected chi connectivity index (χ3v) is 4.09. The van der Waals surface area contributed by atoms with Gasteiger partial charge in [-0.25, -0.2) is 4.79 Å². The summed E-state index contributed by atoms with van der Waals surface area (Å²) in [6.07, 6.45) is 8.68. The molecule has 1 amide bonds. The Bertz CT molecular complexity index is 530. The van der Waals surface area contributed by atoms with Crippen molar-refractivity contribution in [1.82, 2.24) is 5.32 Å². The van der Waals surface area contributed by atoms with Crippen molar-refractivity contribution in [3.05, 3.63) is 35.4 Å². The van der Waals surface area contributed by atoms with Gasteiger partial charge in [-0.05, 0) is 25.0 Å². The van der Waals surface area contributed by atoms with E-state index in [4.69, 9.17) is 4.74 Å². The number of esters is 1. The summed E-state index contributed by atoms with van der Waals surface area (Å²) in [7, 11) is 0. The molecule has 0 spiro atoms. The van der Waals surface area contributed by atoms with E-state index in [-0.39, 0.29) is 18.6 Å². The van der Waals surface area contributed by atoms with Gasteiger partial charge in [-0.1, -0.05) is 44.2 Å². The minimum Gasteiger partial charge on any atom is -0.452 e. The third kappa shape index (κ3) is 5.85. The molecule has 2 rings (SSSR count). The van der Waals surface area contributed by atoms with Gasteiger partial charge in [0.25, 0.3) is 5.91 Å². The zero-order valence-corrected chi connectivity index (χ0v) is 13.3. The minimum absolute atomic E-state index is 0.188. The first-order valence-electron chi connectivity index (χ1n) is 8.21. The lowest BCUT2D eigenvalue weighted by Gasteiger charge is -2.20. The summed E-state index contributed by atoms with van der Waals surface area (Å²) in [6, 6.07) is 6.29. The summed E-state index contributed by atoms with van der Waals surface area (Å²) in [6.45, 7) is -0.273. The lowest BCUT2D eigenvalue weighted by Crippen LogP contribution is -2.38. The second-order valence-electron chi connectivity index (χ2n) is 5.93. The quantitative estimate of drug-likeness (QED) is 0.669. The number of carbonyl (C=O) groups is 3. The van der Waals surface area contributed by atoms with Crippen LogP contribution < -0.4 is 5.32 Å². The number of amides is 1. The summed E-state index contributed by atoms with van der Waals surface area (Å²) in [5.41, 5.74) is 0.818. The van der Waals surface area contributed by atoms with Crippen molar-refractivity contribution in [3.8, 4) is 0 Å². The molecule has 5 nitrogen and oxygen atoms in total. The van der Waals surface area contributed by atoms with Crippen molar-refractivity contribution in [2.24, 2.45) is 0 Å². The zero-order valence-electron chi connectivity index (χ0n) is 13.3. The lowest BCUT2D eigenvalue weighted by atomic mass is 9.97. The van der Waals surface area contributed by atoms with Crippen LogP contribution >= 0.6 is 0 Å². The van der Waals surface area contributed by atoms with Crippen LogP contribution in [-0.2, 0) is 9.53 Å². The molecule has 0 atom stereocenters. The van der Waals surface area contributed by atoms with Gasteiger partial charge in [0, 0.05) is 11.6 Å². The van der Waals surface area contributed by atoms with Crippen molar-refractivity contribution < 1.29 is 19.1 Å². The predicted octanol–water partition coefficient (Wildman–Crippen LogP) is 2.89. The highest BCUT2D eigenvalue weighted by Gasteiger charge is 2.15. The van der Waals surface area contributed by atoms with Gasteiger partial charge in [0.2, 0.25) is 0 Å². The Morgan fingerprint density at radius 3 is 2.26 bits per heavy atom. The van der Waals surface area contributed by atoms with Crippen LogP contribution in [0.3, 0.4) is 0 Å². The highest BCUT2D eigenvalue weighted by Crippen LogP contribution is 2.17. The smallest absolute Gasteiger partial charge is 0.338 e. The van der Waals surface area contributed by atoms with Crippen molar-refractivity contribution in [2.75, 3.05) is 6.61 Å². The number of aldehydes is 1. The summed E-state index contributed by atoms with van der Waals surface area (Å²) < 4.78 is 5.02.